The Morgan fingerprint density at radius 2 is 2.17 bits per heavy atom. The zero-order valence-corrected chi connectivity index (χ0v) is 8.54. The van der Waals surface area contributed by atoms with Crippen molar-refractivity contribution < 1.29 is 0 Å². The maximum absolute atomic E-state index is 2.30. The molecule has 0 aromatic carbocycles. The fourth-order valence-electron chi connectivity index (χ4n) is 1.69. The predicted molar refractivity (Wildman–Crippen MR) is 53.6 cm³/mol. The smallest absolute Gasteiger partial charge is 0.0106 e. The van der Waals surface area contributed by atoms with Crippen molar-refractivity contribution in [2.75, 3.05) is 7.05 Å². The quantitative estimate of drug-likeness (QED) is 0.577. The Morgan fingerprint density at radius 1 is 1.50 bits per heavy atom. The molecule has 1 unspecified atom stereocenters. The molecule has 0 aliphatic carbocycles. The molecule has 1 rings (SSSR count). The summed E-state index contributed by atoms with van der Waals surface area (Å²) in [6.07, 6.45) is 7.83. The van der Waals surface area contributed by atoms with Crippen LogP contribution in [0.4, 0.5) is 0 Å². The summed E-state index contributed by atoms with van der Waals surface area (Å²) in [5, 5.41) is 0. The van der Waals surface area contributed by atoms with E-state index in [1.165, 1.54) is 6.42 Å². The van der Waals surface area contributed by atoms with Gasteiger partial charge in [-0.2, -0.15) is 0 Å². The molecule has 0 spiro atoms. The maximum atomic E-state index is 2.30. The Morgan fingerprint density at radius 3 is 2.75 bits per heavy atom. The second-order valence-corrected chi connectivity index (χ2v) is 3.97. The van der Waals surface area contributed by atoms with Crippen LogP contribution in [0, 0.1) is 11.8 Å². The Labute approximate surface area is 75.8 Å². The fourth-order valence-corrected chi connectivity index (χ4v) is 1.69. The zero-order valence-electron chi connectivity index (χ0n) is 8.54. The monoisotopic (exact) mass is 165 g/mol. The van der Waals surface area contributed by atoms with E-state index in [1.54, 1.807) is 5.57 Å². The van der Waals surface area contributed by atoms with E-state index in [0.29, 0.717) is 11.8 Å². The number of hydrogen-bond acceptors (Lipinski definition) is 1. The van der Waals surface area contributed by atoms with Crippen LogP contribution in [0.15, 0.2) is 24.0 Å². The highest BCUT2D eigenvalue weighted by molar-refractivity contribution is 5.13. The lowest BCUT2D eigenvalue weighted by molar-refractivity contribution is 0.560. The van der Waals surface area contributed by atoms with Crippen LogP contribution in [-0.4, -0.2) is 11.9 Å². The molecule has 1 heterocycles. The molecule has 0 aromatic heterocycles. The summed E-state index contributed by atoms with van der Waals surface area (Å²) >= 11 is 0. The summed E-state index contributed by atoms with van der Waals surface area (Å²) in [5.74, 6) is 1.37. The van der Waals surface area contributed by atoms with Crippen LogP contribution in [-0.2, 0) is 0 Å². The molecule has 12 heavy (non-hydrogen) atoms. The minimum absolute atomic E-state index is 0.669. The van der Waals surface area contributed by atoms with Gasteiger partial charge in [0.1, 0.15) is 0 Å². The summed E-state index contributed by atoms with van der Waals surface area (Å²) in [6, 6.07) is 0. The fraction of sp³-hybridized carbons (Fsp3) is 0.636. The molecule has 1 heteroatoms. The standard InChI is InChI=1S/C11H19N/c1-9(2)11-8-12(4)7-5-6-10(11)3/h5,7-10H,6H2,1-4H3. The first-order chi connectivity index (χ1) is 5.61. The first kappa shape index (κ1) is 9.37. The van der Waals surface area contributed by atoms with E-state index in [0.717, 1.165) is 0 Å². The molecule has 1 aliphatic rings. The van der Waals surface area contributed by atoms with E-state index in [9.17, 15) is 0 Å². The largest absolute Gasteiger partial charge is 0.358 e. The van der Waals surface area contributed by atoms with Crippen LogP contribution in [0.5, 0.6) is 0 Å². The minimum Gasteiger partial charge on any atom is -0.358 e. The normalized spacial score (nSPS) is 24.2. The van der Waals surface area contributed by atoms with Gasteiger partial charge < -0.3 is 4.90 Å². The summed E-state index contributed by atoms with van der Waals surface area (Å²) in [7, 11) is 2.09. The van der Waals surface area contributed by atoms with Gasteiger partial charge in [0.2, 0.25) is 0 Å². The highest BCUT2D eigenvalue weighted by Gasteiger charge is 2.13. The first-order valence-electron chi connectivity index (χ1n) is 4.71. The van der Waals surface area contributed by atoms with Crippen molar-refractivity contribution in [3.63, 3.8) is 0 Å². The summed E-state index contributed by atoms with van der Waals surface area (Å²) < 4.78 is 0. The Bertz CT molecular complexity index is 201. The lowest BCUT2D eigenvalue weighted by Gasteiger charge is -2.18. The van der Waals surface area contributed by atoms with Crippen LogP contribution in [0.25, 0.3) is 0 Å². The van der Waals surface area contributed by atoms with Crippen molar-refractivity contribution >= 4 is 0 Å². The third kappa shape index (κ3) is 2.13. The lowest BCUT2D eigenvalue weighted by Crippen LogP contribution is -2.08. The number of nitrogens with zero attached hydrogens (tertiary/aromatic N) is 1. The number of rotatable bonds is 1. The molecule has 0 saturated carbocycles. The molecule has 0 fully saturated rings. The van der Waals surface area contributed by atoms with Crippen LogP contribution in [0.2, 0.25) is 0 Å². The van der Waals surface area contributed by atoms with Crippen LogP contribution in [0.3, 0.4) is 0 Å². The minimum atomic E-state index is 0.669. The van der Waals surface area contributed by atoms with E-state index >= 15 is 0 Å². The van der Waals surface area contributed by atoms with E-state index < -0.39 is 0 Å². The van der Waals surface area contributed by atoms with Crippen molar-refractivity contribution in [1.29, 1.82) is 0 Å². The van der Waals surface area contributed by atoms with Crippen LogP contribution < -0.4 is 0 Å². The Balaban J connectivity index is 2.81. The van der Waals surface area contributed by atoms with Gasteiger partial charge in [-0.15, -0.1) is 0 Å². The van der Waals surface area contributed by atoms with Crippen molar-refractivity contribution in [1.82, 2.24) is 4.90 Å². The molecular weight excluding hydrogens is 146 g/mol. The van der Waals surface area contributed by atoms with Gasteiger partial charge >= 0.3 is 0 Å². The molecule has 1 nitrogen and oxygen atoms in total. The second-order valence-electron chi connectivity index (χ2n) is 3.97. The van der Waals surface area contributed by atoms with E-state index in [2.05, 4.69) is 51.2 Å². The van der Waals surface area contributed by atoms with E-state index in [1.807, 2.05) is 0 Å². The molecule has 1 atom stereocenters. The predicted octanol–water partition coefficient (Wildman–Crippen LogP) is 3.01. The second kappa shape index (κ2) is 3.79. The van der Waals surface area contributed by atoms with Gasteiger partial charge in [0, 0.05) is 13.2 Å². The van der Waals surface area contributed by atoms with Gasteiger partial charge in [-0.25, -0.2) is 0 Å². The third-order valence-corrected chi connectivity index (χ3v) is 2.42. The first-order valence-corrected chi connectivity index (χ1v) is 4.71. The van der Waals surface area contributed by atoms with Crippen molar-refractivity contribution in [3.8, 4) is 0 Å². The highest BCUT2D eigenvalue weighted by Crippen LogP contribution is 2.25. The summed E-state index contributed by atoms with van der Waals surface area (Å²) in [5.41, 5.74) is 1.56. The molecule has 0 radical (unpaired) electrons. The highest BCUT2D eigenvalue weighted by atomic mass is 15.0. The van der Waals surface area contributed by atoms with Crippen molar-refractivity contribution in [3.05, 3.63) is 24.0 Å². The lowest BCUT2D eigenvalue weighted by atomic mass is 9.90. The average molecular weight is 165 g/mol. The van der Waals surface area contributed by atoms with Gasteiger partial charge in [0.15, 0.2) is 0 Å². The van der Waals surface area contributed by atoms with Crippen LogP contribution in [0.1, 0.15) is 27.2 Å². The van der Waals surface area contributed by atoms with Crippen LogP contribution >= 0.6 is 0 Å². The molecule has 0 aromatic rings. The van der Waals surface area contributed by atoms with Gasteiger partial charge in [0.25, 0.3) is 0 Å². The maximum Gasteiger partial charge on any atom is 0.0106 e. The van der Waals surface area contributed by atoms with Crippen molar-refractivity contribution in [2.45, 2.75) is 27.2 Å². The molecule has 0 amide bonds. The summed E-state index contributed by atoms with van der Waals surface area (Å²) in [6.45, 7) is 6.83. The average Bonchev–Trinajstić information content (AvgIpc) is 2.13. The third-order valence-electron chi connectivity index (χ3n) is 2.42. The molecule has 0 N–H and O–H groups in total. The SMILES string of the molecule is CC(C)C1=CN(C)C=CCC1C. The molecule has 0 saturated heterocycles. The summed E-state index contributed by atoms with van der Waals surface area (Å²) in [4.78, 5) is 2.15. The Hall–Kier alpha value is -0.720. The van der Waals surface area contributed by atoms with Gasteiger partial charge in [-0.1, -0.05) is 26.8 Å². The molecule has 1 aliphatic heterocycles. The zero-order chi connectivity index (χ0) is 9.14. The van der Waals surface area contributed by atoms with Gasteiger partial charge in [-0.05, 0) is 30.0 Å². The van der Waals surface area contributed by atoms with Crippen molar-refractivity contribution in [2.24, 2.45) is 11.8 Å². The number of allylic oxidation sites excluding steroid dienone is 2. The van der Waals surface area contributed by atoms with Gasteiger partial charge in [-0.3, -0.25) is 0 Å². The molecule has 68 valence electrons. The van der Waals surface area contributed by atoms with E-state index in [4.69, 9.17) is 0 Å². The molecular formula is C11H19N. The molecule has 0 bridgehead atoms. The topological polar surface area (TPSA) is 3.24 Å². The number of hydrogen-bond donors (Lipinski definition) is 0. The Kier molecular flexibility index (Phi) is 2.96. The van der Waals surface area contributed by atoms with Gasteiger partial charge in [0.05, 0.1) is 0 Å². The van der Waals surface area contributed by atoms with E-state index in [-0.39, 0.29) is 0 Å².